The molecule has 2 aromatic carbocycles. The Bertz CT molecular complexity index is 1310. The van der Waals surface area contributed by atoms with Crippen LogP contribution in [0.2, 0.25) is 5.02 Å². The highest BCUT2D eigenvalue weighted by Crippen LogP contribution is 2.38. The van der Waals surface area contributed by atoms with Crippen LogP contribution in [0.3, 0.4) is 0 Å². The Labute approximate surface area is 234 Å². The van der Waals surface area contributed by atoms with Crippen LogP contribution in [0, 0.1) is 12.3 Å². The van der Waals surface area contributed by atoms with E-state index >= 15 is 0 Å². The van der Waals surface area contributed by atoms with Gasteiger partial charge in [0.15, 0.2) is 0 Å². The summed E-state index contributed by atoms with van der Waals surface area (Å²) < 4.78 is 11.7. The second-order valence-corrected chi connectivity index (χ2v) is 11.1. The number of likely N-dealkylation sites (tertiary alicyclic amines) is 1. The lowest BCUT2D eigenvalue weighted by atomic mass is 9.77. The molecule has 1 atom stereocenters. The molecule has 0 N–H and O–H groups in total. The number of rotatable bonds is 7. The van der Waals surface area contributed by atoms with Crippen LogP contribution in [0.1, 0.15) is 35.4 Å². The first-order chi connectivity index (χ1) is 18.8. The van der Waals surface area contributed by atoms with E-state index in [1.807, 2.05) is 58.3 Å². The number of likely N-dealkylation sites (N-methyl/N-ethyl adjacent to an activating group) is 1. The molecule has 0 spiro atoms. The fraction of sp³-hybridized carbons (Fsp3) is 0.433. The molecular weight excluding hydrogens is 516 g/mol. The van der Waals surface area contributed by atoms with E-state index in [2.05, 4.69) is 17.1 Å². The Morgan fingerprint density at radius 3 is 2.46 bits per heavy atom. The van der Waals surface area contributed by atoms with Gasteiger partial charge in [0, 0.05) is 56.7 Å². The molecule has 2 saturated heterocycles. The van der Waals surface area contributed by atoms with Gasteiger partial charge in [-0.25, -0.2) is 0 Å². The summed E-state index contributed by atoms with van der Waals surface area (Å²) in [5.41, 5.74) is 0.988. The lowest BCUT2D eigenvalue weighted by molar-refractivity contribution is -0.137. The molecule has 2 aliphatic rings. The molecule has 2 aliphatic heterocycles. The van der Waals surface area contributed by atoms with E-state index < -0.39 is 5.41 Å². The monoisotopic (exact) mass is 550 g/mol. The third-order valence-corrected chi connectivity index (χ3v) is 8.15. The number of carbonyl (C=O) groups excluding carboxylic acids is 2. The van der Waals surface area contributed by atoms with Crippen LogP contribution in [-0.2, 0) is 4.79 Å². The number of para-hydroxylation sites is 1. The molecule has 0 aliphatic carbocycles. The molecule has 2 fully saturated rings. The zero-order valence-electron chi connectivity index (χ0n) is 22.6. The number of aryl methyl sites for hydroxylation is 1. The molecule has 0 radical (unpaired) electrons. The Morgan fingerprint density at radius 1 is 1.00 bits per heavy atom. The minimum absolute atomic E-state index is 0.118. The fourth-order valence-corrected chi connectivity index (χ4v) is 5.78. The van der Waals surface area contributed by atoms with E-state index in [0.717, 1.165) is 31.7 Å². The molecule has 0 bridgehead atoms. The number of carbonyl (C=O) groups is 2. The second kappa shape index (κ2) is 11.8. The Hall–Kier alpha value is -3.36. The average molecular weight is 551 g/mol. The molecule has 5 rings (SSSR count). The quantitative estimate of drug-likeness (QED) is 0.422. The summed E-state index contributed by atoms with van der Waals surface area (Å²) in [5, 5.41) is 4.70. The number of amides is 2. The molecule has 1 unspecified atom stereocenters. The first kappa shape index (κ1) is 27.2. The molecule has 1 aromatic heterocycles. The van der Waals surface area contributed by atoms with Gasteiger partial charge in [0.2, 0.25) is 5.91 Å². The maximum atomic E-state index is 14.0. The number of aromatic nitrogens is 1. The van der Waals surface area contributed by atoms with Crippen molar-refractivity contribution < 1.29 is 18.8 Å². The number of hydrogen-bond donors (Lipinski definition) is 0. The van der Waals surface area contributed by atoms with Gasteiger partial charge in [-0.05, 0) is 45.0 Å². The highest BCUT2D eigenvalue weighted by Gasteiger charge is 2.42. The molecule has 2 amide bonds. The second-order valence-electron chi connectivity index (χ2n) is 10.7. The Morgan fingerprint density at radius 2 is 1.72 bits per heavy atom. The smallest absolute Gasteiger partial charge is 0.259 e. The third kappa shape index (κ3) is 6.12. The Balaban J connectivity index is 1.40. The SMILES string of the molecule is Cc1onc(-c2ccccc2Cl)c1C(=O)N1CCCC(COc2ccccc2)(CC(=O)N2CCN(C)CC2)C1. The van der Waals surface area contributed by atoms with Gasteiger partial charge in [-0.1, -0.05) is 53.2 Å². The van der Waals surface area contributed by atoms with Crippen molar-refractivity contribution >= 4 is 23.4 Å². The van der Waals surface area contributed by atoms with Crippen LogP contribution in [0.4, 0.5) is 0 Å². The van der Waals surface area contributed by atoms with E-state index in [-0.39, 0.29) is 11.8 Å². The van der Waals surface area contributed by atoms with E-state index in [1.165, 1.54) is 0 Å². The minimum Gasteiger partial charge on any atom is -0.493 e. The normalized spacial score (nSPS) is 20.2. The van der Waals surface area contributed by atoms with Crippen molar-refractivity contribution in [3.05, 3.63) is 70.9 Å². The number of hydrogen-bond acceptors (Lipinski definition) is 6. The maximum Gasteiger partial charge on any atom is 0.259 e. The predicted octanol–water partition coefficient (Wildman–Crippen LogP) is 4.77. The summed E-state index contributed by atoms with van der Waals surface area (Å²) >= 11 is 6.45. The minimum atomic E-state index is -0.514. The van der Waals surface area contributed by atoms with Gasteiger partial charge in [0.1, 0.15) is 22.8 Å². The topological polar surface area (TPSA) is 79.1 Å². The largest absolute Gasteiger partial charge is 0.493 e. The van der Waals surface area contributed by atoms with E-state index in [9.17, 15) is 9.59 Å². The molecule has 3 aromatic rings. The third-order valence-electron chi connectivity index (χ3n) is 7.82. The van der Waals surface area contributed by atoms with Crippen molar-refractivity contribution in [2.75, 3.05) is 52.9 Å². The molecule has 3 heterocycles. The van der Waals surface area contributed by atoms with Gasteiger partial charge in [-0.2, -0.15) is 0 Å². The number of piperazine rings is 1. The highest BCUT2D eigenvalue weighted by molar-refractivity contribution is 6.33. The van der Waals surface area contributed by atoms with Crippen LogP contribution in [-0.4, -0.2) is 84.6 Å². The summed E-state index contributed by atoms with van der Waals surface area (Å²) in [6, 6.07) is 16.9. The lowest BCUT2D eigenvalue weighted by Crippen LogP contribution is -2.53. The van der Waals surface area contributed by atoms with Crippen molar-refractivity contribution in [3.8, 4) is 17.0 Å². The standard InChI is InChI=1S/C30H35ClN4O4/c1-22-27(28(32-39-22)24-11-6-7-12-25(24)31)29(37)35-14-8-13-30(20-35,21-38-23-9-4-3-5-10-23)19-26(36)34-17-15-33(2)16-18-34/h3-7,9-12H,8,13-21H2,1-2H3. The first-order valence-corrected chi connectivity index (χ1v) is 13.9. The van der Waals surface area contributed by atoms with Crippen LogP contribution >= 0.6 is 11.6 Å². The van der Waals surface area contributed by atoms with Crippen LogP contribution in [0.15, 0.2) is 59.1 Å². The van der Waals surface area contributed by atoms with Crippen molar-refractivity contribution in [2.45, 2.75) is 26.2 Å². The molecule has 39 heavy (non-hydrogen) atoms. The Kier molecular flexibility index (Phi) is 8.23. The van der Waals surface area contributed by atoms with E-state index in [4.69, 9.17) is 20.9 Å². The number of benzene rings is 2. The summed E-state index contributed by atoms with van der Waals surface area (Å²) in [6.07, 6.45) is 1.89. The summed E-state index contributed by atoms with van der Waals surface area (Å²) in [4.78, 5) is 33.6. The van der Waals surface area contributed by atoms with Gasteiger partial charge in [0.25, 0.3) is 5.91 Å². The zero-order valence-corrected chi connectivity index (χ0v) is 23.3. The van der Waals surface area contributed by atoms with Gasteiger partial charge >= 0.3 is 0 Å². The zero-order chi connectivity index (χ0) is 27.4. The van der Waals surface area contributed by atoms with E-state index in [0.29, 0.717) is 66.8 Å². The maximum absolute atomic E-state index is 14.0. The number of ether oxygens (including phenoxy) is 1. The first-order valence-electron chi connectivity index (χ1n) is 13.5. The van der Waals surface area contributed by atoms with Gasteiger partial charge in [0.05, 0.1) is 11.6 Å². The van der Waals surface area contributed by atoms with Crippen LogP contribution < -0.4 is 4.74 Å². The molecule has 0 saturated carbocycles. The summed E-state index contributed by atoms with van der Waals surface area (Å²) in [7, 11) is 2.07. The molecule has 206 valence electrons. The van der Waals surface area contributed by atoms with Crippen LogP contribution in [0.5, 0.6) is 5.75 Å². The highest BCUT2D eigenvalue weighted by atomic mass is 35.5. The molecule has 8 nitrogen and oxygen atoms in total. The average Bonchev–Trinajstić information content (AvgIpc) is 3.33. The van der Waals surface area contributed by atoms with Gasteiger partial charge in [-0.3, -0.25) is 9.59 Å². The van der Waals surface area contributed by atoms with Crippen molar-refractivity contribution in [2.24, 2.45) is 5.41 Å². The van der Waals surface area contributed by atoms with Crippen molar-refractivity contribution in [1.29, 1.82) is 0 Å². The van der Waals surface area contributed by atoms with Crippen molar-refractivity contribution in [3.63, 3.8) is 0 Å². The number of piperidine rings is 1. The summed E-state index contributed by atoms with van der Waals surface area (Å²) in [5.74, 6) is 1.15. The fourth-order valence-electron chi connectivity index (χ4n) is 5.56. The van der Waals surface area contributed by atoms with Gasteiger partial charge in [-0.15, -0.1) is 0 Å². The lowest BCUT2D eigenvalue weighted by Gasteiger charge is -2.43. The predicted molar refractivity (Wildman–Crippen MR) is 150 cm³/mol. The molecular formula is C30H35ClN4O4. The van der Waals surface area contributed by atoms with Crippen molar-refractivity contribution in [1.82, 2.24) is 19.9 Å². The molecule has 9 heteroatoms. The number of nitrogens with zero attached hydrogens (tertiary/aromatic N) is 4. The van der Waals surface area contributed by atoms with Gasteiger partial charge < -0.3 is 24.0 Å². The van der Waals surface area contributed by atoms with Crippen LogP contribution in [0.25, 0.3) is 11.3 Å². The number of halogens is 1. The van der Waals surface area contributed by atoms with E-state index in [1.54, 1.807) is 13.0 Å². The summed E-state index contributed by atoms with van der Waals surface area (Å²) in [6.45, 7) is 6.24.